The minimum atomic E-state index is -0.331. The molecule has 0 radical (unpaired) electrons. The first-order valence-electron chi connectivity index (χ1n) is 4.52. The Balaban J connectivity index is 2.38. The third kappa shape index (κ3) is 1.23. The lowest BCUT2D eigenvalue weighted by Gasteiger charge is -2.22. The van der Waals surface area contributed by atoms with Crippen LogP contribution in [0.5, 0.6) is 0 Å². The molecule has 2 heterocycles. The number of hydrogen-bond acceptors (Lipinski definition) is 3. The Labute approximate surface area is 81.5 Å². The third-order valence-electron chi connectivity index (χ3n) is 2.52. The second kappa shape index (κ2) is 3.29. The first-order valence-corrected chi connectivity index (χ1v) is 4.52. The zero-order valence-corrected chi connectivity index (χ0v) is 7.90. The Hall–Kier alpha value is -1.58. The van der Waals surface area contributed by atoms with Gasteiger partial charge in [-0.1, -0.05) is 0 Å². The van der Waals surface area contributed by atoms with Crippen LogP contribution in [0.15, 0.2) is 18.3 Å². The molecule has 0 bridgehead atoms. The van der Waals surface area contributed by atoms with Crippen molar-refractivity contribution in [3.05, 3.63) is 24.0 Å². The summed E-state index contributed by atoms with van der Waals surface area (Å²) in [6.07, 6.45) is 2.70. The van der Waals surface area contributed by atoms with Crippen molar-refractivity contribution in [2.75, 3.05) is 7.11 Å². The molecule has 0 aromatic carbocycles. The van der Waals surface area contributed by atoms with E-state index in [0.29, 0.717) is 18.5 Å². The van der Waals surface area contributed by atoms with Crippen LogP contribution in [0.2, 0.25) is 0 Å². The predicted octanol–water partition coefficient (Wildman–Crippen LogP) is 1.18. The lowest BCUT2D eigenvalue weighted by molar-refractivity contribution is -0.144. The van der Waals surface area contributed by atoms with Gasteiger partial charge in [-0.2, -0.15) is 0 Å². The second-order valence-electron chi connectivity index (χ2n) is 3.30. The number of fused-ring (bicyclic) bond motifs is 1. The fraction of sp³-hybridized carbons (Fsp3) is 0.400. The van der Waals surface area contributed by atoms with Crippen molar-refractivity contribution in [3.63, 3.8) is 0 Å². The molecule has 1 unspecified atom stereocenters. The van der Waals surface area contributed by atoms with Gasteiger partial charge in [0.15, 0.2) is 5.78 Å². The Morgan fingerprint density at radius 3 is 3.14 bits per heavy atom. The summed E-state index contributed by atoms with van der Waals surface area (Å²) < 4.78 is 6.37. The molecule has 2 rings (SSSR count). The van der Waals surface area contributed by atoms with E-state index >= 15 is 0 Å². The zero-order chi connectivity index (χ0) is 10.1. The predicted molar refractivity (Wildman–Crippen MR) is 49.0 cm³/mol. The zero-order valence-electron chi connectivity index (χ0n) is 7.90. The van der Waals surface area contributed by atoms with Gasteiger partial charge in [0.25, 0.3) is 0 Å². The Bertz CT molecular complexity index is 380. The van der Waals surface area contributed by atoms with Gasteiger partial charge in [0.05, 0.1) is 12.8 Å². The lowest BCUT2D eigenvalue weighted by Crippen LogP contribution is -2.28. The molecule has 1 aromatic rings. The maximum absolute atomic E-state index is 11.4. The van der Waals surface area contributed by atoms with Gasteiger partial charge in [0.2, 0.25) is 0 Å². The third-order valence-corrected chi connectivity index (χ3v) is 2.52. The highest BCUT2D eigenvalue weighted by atomic mass is 16.5. The summed E-state index contributed by atoms with van der Waals surface area (Å²) >= 11 is 0. The van der Waals surface area contributed by atoms with Crippen LogP contribution in [0.3, 0.4) is 0 Å². The summed E-state index contributed by atoms with van der Waals surface area (Å²) in [5.74, 6) is -0.190. The van der Waals surface area contributed by atoms with Crippen molar-refractivity contribution in [2.24, 2.45) is 0 Å². The normalized spacial score (nSPS) is 20.4. The molecule has 74 valence electrons. The maximum Gasteiger partial charge on any atom is 0.328 e. The number of methoxy groups -OCH3 is 1. The van der Waals surface area contributed by atoms with Crippen molar-refractivity contribution in [3.8, 4) is 0 Å². The molecule has 0 saturated carbocycles. The van der Waals surface area contributed by atoms with Gasteiger partial charge in [-0.3, -0.25) is 4.79 Å². The van der Waals surface area contributed by atoms with E-state index in [1.165, 1.54) is 7.11 Å². The molecule has 0 saturated heterocycles. The number of carbonyl (C=O) groups is 2. The maximum atomic E-state index is 11.4. The van der Waals surface area contributed by atoms with E-state index < -0.39 is 0 Å². The molecule has 14 heavy (non-hydrogen) atoms. The molecule has 1 aliphatic heterocycles. The quantitative estimate of drug-likeness (QED) is 0.629. The topological polar surface area (TPSA) is 48.3 Å². The monoisotopic (exact) mass is 193 g/mol. The van der Waals surface area contributed by atoms with E-state index in [1.807, 2.05) is 0 Å². The summed E-state index contributed by atoms with van der Waals surface area (Å²) in [7, 11) is 1.36. The molecule has 4 heteroatoms. The van der Waals surface area contributed by atoms with Crippen molar-refractivity contribution < 1.29 is 14.3 Å². The Morgan fingerprint density at radius 1 is 1.64 bits per heavy atom. The van der Waals surface area contributed by atoms with E-state index in [4.69, 9.17) is 0 Å². The molecule has 0 aliphatic carbocycles. The van der Waals surface area contributed by atoms with Gasteiger partial charge in [0.1, 0.15) is 6.04 Å². The van der Waals surface area contributed by atoms with E-state index in [-0.39, 0.29) is 17.8 Å². The average molecular weight is 193 g/mol. The number of rotatable bonds is 1. The molecule has 0 fully saturated rings. The van der Waals surface area contributed by atoms with E-state index in [2.05, 4.69) is 4.74 Å². The number of esters is 1. The Morgan fingerprint density at radius 2 is 2.43 bits per heavy atom. The molecule has 0 spiro atoms. The van der Waals surface area contributed by atoms with E-state index in [1.54, 1.807) is 22.9 Å². The highest BCUT2D eigenvalue weighted by molar-refractivity contribution is 5.96. The van der Waals surface area contributed by atoms with E-state index in [9.17, 15) is 9.59 Å². The molecule has 1 aliphatic rings. The van der Waals surface area contributed by atoms with Gasteiger partial charge in [-0.05, 0) is 18.6 Å². The minimum absolute atomic E-state index is 0.0927. The van der Waals surface area contributed by atoms with Crippen LogP contribution >= 0.6 is 0 Å². The number of aromatic nitrogens is 1. The first-order chi connectivity index (χ1) is 6.74. The van der Waals surface area contributed by atoms with Crippen LogP contribution in [0, 0.1) is 0 Å². The summed E-state index contributed by atoms with van der Waals surface area (Å²) in [5.41, 5.74) is 0.603. The molecular formula is C10H11NO3. The SMILES string of the molecule is COC(=O)C1CCC(=O)c2cccn21. The average Bonchev–Trinajstić information content (AvgIpc) is 2.67. The van der Waals surface area contributed by atoms with Crippen LogP contribution in [-0.2, 0) is 9.53 Å². The first kappa shape index (κ1) is 8.99. The van der Waals surface area contributed by atoms with Crippen molar-refractivity contribution in [2.45, 2.75) is 18.9 Å². The number of carbonyl (C=O) groups excluding carboxylic acids is 2. The molecular weight excluding hydrogens is 182 g/mol. The van der Waals surface area contributed by atoms with Gasteiger partial charge in [0, 0.05) is 12.6 Å². The summed E-state index contributed by atoms with van der Waals surface area (Å²) in [5, 5.41) is 0. The fourth-order valence-corrected chi connectivity index (χ4v) is 1.80. The number of nitrogens with zero attached hydrogens (tertiary/aromatic N) is 1. The van der Waals surface area contributed by atoms with Crippen LogP contribution in [0.25, 0.3) is 0 Å². The number of ketones is 1. The summed E-state index contributed by atoms with van der Waals surface area (Å²) in [6, 6.07) is 3.18. The number of ether oxygens (including phenoxy) is 1. The van der Waals surface area contributed by atoms with Gasteiger partial charge in [-0.25, -0.2) is 4.79 Å². The smallest absolute Gasteiger partial charge is 0.328 e. The summed E-state index contributed by atoms with van der Waals surface area (Å²) in [4.78, 5) is 22.8. The highest BCUT2D eigenvalue weighted by Gasteiger charge is 2.29. The van der Waals surface area contributed by atoms with Crippen LogP contribution in [0.4, 0.5) is 0 Å². The molecule has 1 atom stereocenters. The Kier molecular flexibility index (Phi) is 2.11. The highest BCUT2D eigenvalue weighted by Crippen LogP contribution is 2.25. The fourth-order valence-electron chi connectivity index (χ4n) is 1.80. The number of Topliss-reactive ketones (excluding diaryl/α,β-unsaturated/α-hetero) is 1. The van der Waals surface area contributed by atoms with E-state index in [0.717, 1.165) is 0 Å². The van der Waals surface area contributed by atoms with Gasteiger partial charge >= 0.3 is 5.97 Å². The molecule has 0 amide bonds. The largest absolute Gasteiger partial charge is 0.467 e. The second-order valence-corrected chi connectivity index (χ2v) is 3.30. The molecule has 4 nitrogen and oxygen atoms in total. The van der Waals surface area contributed by atoms with Crippen LogP contribution in [-0.4, -0.2) is 23.4 Å². The van der Waals surface area contributed by atoms with Crippen LogP contribution < -0.4 is 0 Å². The standard InChI is InChI=1S/C10H11NO3/c1-14-10(13)8-4-5-9(12)7-3-2-6-11(7)8/h2-3,6,8H,4-5H2,1H3. The van der Waals surface area contributed by atoms with Gasteiger partial charge < -0.3 is 9.30 Å². The van der Waals surface area contributed by atoms with Crippen molar-refractivity contribution >= 4 is 11.8 Å². The van der Waals surface area contributed by atoms with Crippen molar-refractivity contribution in [1.82, 2.24) is 4.57 Å². The lowest BCUT2D eigenvalue weighted by atomic mass is 10.0. The molecule has 0 N–H and O–H groups in total. The number of hydrogen-bond donors (Lipinski definition) is 0. The summed E-state index contributed by atoms with van der Waals surface area (Å²) in [6.45, 7) is 0. The van der Waals surface area contributed by atoms with Crippen molar-refractivity contribution in [1.29, 1.82) is 0 Å². The van der Waals surface area contributed by atoms with Gasteiger partial charge in [-0.15, -0.1) is 0 Å². The minimum Gasteiger partial charge on any atom is -0.467 e. The molecule has 1 aromatic heterocycles. The van der Waals surface area contributed by atoms with Crippen LogP contribution in [0.1, 0.15) is 29.4 Å².